The number of ether oxygens (including phenoxy) is 1. The minimum Gasteiger partial charge on any atom is -0.507 e. The second-order valence-corrected chi connectivity index (χ2v) is 4.03. The van der Waals surface area contributed by atoms with Crippen molar-refractivity contribution < 1.29 is 14.6 Å². The molecule has 1 aromatic rings. The third kappa shape index (κ3) is 2.57. The average Bonchev–Trinajstić information content (AvgIpc) is 2.76. The highest BCUT2D eigenvalue weighted by molar-refractivity contribution is 5.97. The van der Waals surface area contributed by atoms with Crippen molar-refractivity contribution >= 4 is 5.91 Å². The highest BCUT2D eigenvalue weighted by Gasteiger charge is 2.28. The van der Waals surface area contributed by atoms with E-state index in [-0.39, 0.29) is 29.4 Å². The molecule has 1 aliphatic heterocycles. The molecule has 5 heteroatoms. The summed E-state index contributed by atoms with van der Waals surface area (Å²) < 4.78 is 5.25. The molecule has 0 aromatic heterocycles. The Hall–Kier alpha value is -1.59. The van der Waals surface area contributed by atoms with Crippen molar-refractivity contribution in [2.45, 2.75) is 12.1 Å². The lowest BCUT2D eigenvalue weighted by Gasteiger charge is -2.18. The number of amides is 1. The molecule has 1 heterocycles. The maximum absolute atomic E-state index is 11.9. The van der Waals surface area contributed by atoms with Gasteiger partial charge in [-0.15, -0.1) is 0 Å². The Morgan fingerprint density at radius 1 is 1.47 bits per heavy atom. The normalized spacial score (nSPS) is 23.6. The first-order valence-corrected chi connectivity index (χ1v) is 5.54. The number of hydrogen-bond acceptors (Lipinski definition) is 4. The van der Waals surface area contributed by atoms with Gasteiger partial charge in [0.1, 0.15) is 5.75 Å². The highest BCUT2D eigenvalue weighted by Crippen LogP contribution is 2.16. The van der Waals surface area contributed by atoms with Crippen LogP contribution in [0.1, 0.15) is 10.4 Å². The van der Waals surface area contributed by atoms with Gasteiger partial charge in [0.15, 0.2) is 0 Å². The van der Waals surface area contributed by atoms with Gasteiger partial charge in [-0.1, -0.05) is 12.1 Å². The fraction of sp³-hybridized carbons (Fsp3) is 0.417. The number of carbonyl (C=O) groups excluding carboxylic acids is 1. The average molecular weight is 236 g/mol. The summed E-state index contributed by atoms with van der Waals surface area (Å²) >= 11 is 0. The largest absolute Gasteiger partial charge is 0.507 e. The molecule has 1 unspecified atom stereocenters. The Bertz CT molecular complexity index is 408. The van der Waals surface area contributed by atoms with Crippen LogP contribution in [0.5, 0.6) is 5.75 Å². The third-order valence-electron chi connectivity index (χ3n) is 2.93. The van der Waals surface area contributed by atoms with E-state index in [1.807, 2.05) is 0 Å². The molecule has 1 aromatic carbocycles. The third-order valence-corrected chi connectivity index (χ3v) is 2.93. The van der Waals surface area contributed by atoms with Crippen molar-refractivity contribution in [3.63, 3.8) is 0 Å². The second kappa shape index (κ2) is 5.16. The number of phenolic OH excluding ortho intramolecular Hbond substituents is 1. The van der Waals surface area contributed by atoms with Crippen molar-refractivity contribution in [2.24, 2.45) is 0 Å². The standard InChI is InChI=1S/C12H16N2O3/c1-17-11-7-13-6-9(11)14-12(16)8-4-2-3-5-10(8)15/h2-5,9,11,13,15H,6-7H2,1H3,(H,14,16)/t9?,11-/m1/s1. The van der Waals surface area contributed by atoms with Gasteiger partial charge in [0.25, 0.3) is 5.91 Å². The zero-order valence-electron chi connectivity index (χ0n) is 9.64. The first kappa shape index (κ1) is 11.9. The van der Waals surface area contributed by atoms with Crippen LogP contribution in [0, 0.1) is 0 Å². The van der Waals surface area contributed by atoms with E-state index in [0.29, 0.717) is 6.54 Å². The molecule has 2 atom stereocenters. The Morgan fingerprint density at radius 3 is 2.94 bits per heavy atom. The lowest BCUT2D eigenvalue weighted by molar-refractivity contribution is 0.0778. The predicted octanol–water partition coefficient (Wildman–Crippen LogP) is 0.109. The van der Waals surface area contributed by atoms with Crippen LogP contribution in [-0.2, 0) is 4.74 Å². The monoisotopic (exact) mass is 236 g/mol. The molecule has 1 amide bonds. The van der Waals surface area contributed by atoms with E-state index in [1.54, 1.807) is 25.3 Å². The van der Waals surface area contributed by atoms with Gasteiger partial charge in [0.2, 0.25) is 0 Å². The maximum atomic E-state index is 11.9. The molecule has 3 N–H and O–H groups in total. The van der Waals surface area contributed by atoms with Crippen LogP contribution < -0.4 is 10.6 Å². The molecule has 5 nitrogen and oxygen atoms in total. The summed E-state index contributed by atoms with van der Waals surface area (Å²) in [6.45, 7) is 1.40. The quantitative estimate of drug-likeness (QED) is 0.696. The Balaban J connectivity index is 2.04. The van der Waals surface area contributed by atoms with E-state index in [9.17, 15) is 9.90 Å². The molecule has 92 valence electrons. The number of methoxy groups -OCH3 is 1. The fourth-order valence-corrected chi connectivity index (χ4v) is 1.96. The Labute approximate surface area is 99.8 Å². The summed E-state index contributed by atoms with van der Waals surface area (Å²) in [5, 5.41) is 15.6. The predicted molar refractivity (Wildman–Crippen MR) is 63.0 cm³/mol. The molecule has 0 aliphatic carbocycles. The molecular weight excluding hydrogens is 220 g/mol. The molecule has 0 saturated carbocycles. The number of nitrogens with one attached hydrogen (secondary N) is 2. The molecule has 0 spiro atoms. The van der Waals surface area contributed by atoms with E-state index >= 15 is 0 Å². The van der Waals surface area contributed by atoms with Crippen molar-refractivity contribution in [2.75, 3.05) is 20.2 Å². The van der Waals surface area contributed by atoms with Crippen LogP contribution in [-0.4, -0.2) is 43.4 Å². The smallest absolute Gasteiger partial charge is 0.255 e. The van der Waals surface area contributed by atoms with E-state index in [4.69, 9.17) is 4.74 Å². The summed E-state index contributed by atoms with van der Waals surface area (Å²) in [7, 11) is 1.62. The molecule has 0 bridgehead atoms. The van der Waals surface area contributed by atoms with Gasteiger partial charge in [0.05, 0.1) is 17.7 Å². The maximum Gasteiger partial charge on any atom is 0.255 e. The van der Waals surface area contributed by atoms with E-state index < -0.39 is 0 Å². The van der Waals surface area contributed by atoms with Gasteiger partial charge >= 0.3 is 0 Å². The van der Waals surface area contributed by atoms with Gasteiger partial charge in [0, 0.05) is 20.2 Å². The Kier molecular flexibility index (Phi) is 3.61. The minimum atomic E-state index is -0.279. The van der Waals surface area contributed by atoms with Crippen molar-refractivity contribution in [3.05, 3.63) is 29.8 Å². The number of para-hydroxylation sites is 1. The lowest BCUT2D eigenvalue weighted by Crippen LogP contribution is -2.43. The van der Waals surface area contributed by atoms with Crippen molar-refractivity contribution in [3.8, 4) is 5.75 Å². The number of rotatable bonds is 3. The number of carbonyl (C=O) groups is 1. The number of aromatic hydroxyl groups is 1. The molecule has 1 fully saturated rings. The van der Waals surface area contributed by atoms with E-state index in [1.165, 1.54) is 6.07 Å². The summed E-state index contributed by atoms with van der Waals surface area (Å²) in [6.07, 6.45) is -0.0233. The van der Waals surface area contributed by atoms with Gasteiger partial charge in [-0.25, -0.2) is 0 Å². The van der Waals surface area contributed by atoms with Crippen LogP contribution in [0.15, 0.2) is 24.3 Å². The summed E-state index contributed by atoms with van der Waals surface area (Å²) in [4.78, 5) is 11.9. The first-order chi connectivity index (χ1) is 8.22. The summed E-state index contributed by atoms with van der Waals surface area (Å²) in [6, 6.07) is 6.42. The SMILES string of the molecule is CO[C@@H]1CNCC1NC(=O)c1ccccc1O. The number of hydrogen-bond donors (Lipinski definition) is 3. The van der Waals surface area contributed by atoms with Gasteiger partial charge < -0.3 is 20.5 Å². The summed E-state index contributed by atoms with van der Waals surface area (Å²) in [5.74, 6) is -0.288. The van der Waals surface area contributed by atoms with Crippen LogP contribution in [0.4, 0.5) is 0 Å². The fourth-order valence-electron chi connectivity index (χ4n) is 1.96. The molecule has 1 saturated heterocycles. The van der Waals surface area contributed by atoms with Gasteiger partial charge in [-0.05, 0) is 12.1 Å². The zero-order valence-corrected chi connectivity index (χ0v) is 9.64. The first-order valence-electron chi connectivity index (χ1n) is 5.54. The van der Waals surface area contributed by atoms with Crippen LogP contribution in [0.2, 0.25) is 0 Å². The van der Waals surface area contributed by atoms with Crippen molar-refractivity contribution in [1.82, 2.24) is 10.6 Å². The highest BCUT2D eigenvalue weighted by atomic mass is 16.5. The number of benzene rings is 1. The second-order valence-electron chi connectivity index (χ2n) is 4.03. The van der Waals surface area contributed by atoms with Gasteiger partial charge in [-0.2, -0.15) is 0 Å². The lowest BCUT2D eigenvalue weighted by atomic mass is 10.1. The molecular formula is C12H16N2O3. The topological polar surface area (TPSA) is 70.6 Å². The molecule has 17 heavy (non-hydrogen) atoms. The summed E-state index contributed by atoms with van der Waals surface area (Å²) in [5.41, 5.74) is 0.286. The molecule has 2 rings (SSSR count). The minimum absolute atomic E-state index is 0.00933. The molecule has 0 radical (unpaired) electrons. The van der Waals surface area contributed by atoms with Crippen LogP contribution in [0.3, 0.4) is 0 Å². The Morgan fingerprint density at radius 2 is 2.24 bits per heavy atom. The zero-order chi connectivity index (χ0) is 12.3. The molecule has 1 aliphatic rings. The van der Waals surface area contributed by atoms with Crippen LogP contribution in [0.25, 0.3) is 0 Å². The van der Waals surface area contributed by atoms with Crippen LogP contribution >= 0.6 is 0 Å². The van der Waals surface area contributed by atoms with E-state index in [0.717, 1.165) is 6.54 Å². The van der Waals surface area contributed by atoms with E-state index in [2.05, 4.69) is 10.6 Å². The number of phenols is 1. The van der Waals surface area contributed by atoms with Gasteiger partial charge in [-0.3, -0.25) is 4.79 Å². The van der Waals surface area contributed by atoms with Crippen molar-refractivity contribution in [1.29, 1.82) is 0 Å².